The number of hydrogen-bond donors (Lipinski definition) is 2. The number of guanidine groups is 1. The lowest BCUT2D eigenvalue weighted by Crippen LogP contribution is -2.49. The maximum atomic E-state index is 11.7. The Hall–Kier alpha value is -2.38. The molecule has 0 unspecified atom stereocenters. The van der Waals surface area contributed by atoms with Gasteiger partial charge in [-0.3, -0.25) is 10.3 Å². The normalized spacial score (nSPS) is 14.7. The minimum absolute atomic E-state index is 0.272. The second kappa shape index (κ2) is 7.06. The van der Waals surface area contributed by atoms with Crippen LogP contribution in [-0.2, 0) is 4.74 Å². The molecule has 0 radical (unpaired) electrons. The molecule has 0 saturated carbocycles. The molecule has 1 aromatic rings. The van der Waals surface area contributed by atoms with Crippen LogP contribution in [0.3, 0.4) is 0 Å². The fourth-order valence-corrected chi connectivity index (χ4v) is 2.32. The second-order valence-corrected chi connectivity index (χ2v) is 5.16. The van der Waals surface area contributed by atoms with Crippen LogP contribution in [0.25, 0.3) is 0 Å². The summed E-state index contributed by atoms with van der Waals surface area (Å²) >= 11 is 0. The molecule has 1 fully saturated rings. The monoisotopic (exact) mass is 307 g/mol. The fourth-order valence-electron chi connectivity index (χ4n) is 2.32. The third kappa shape index (κ3) is 4.06. The zero-order chi connectivity index (χ0) is 16.1. The van der Waals surface area contributed by atoms with E-state index in [0.29, 0.717) is 44.7 Å². The number of carbonyl (C=O) groups is 1. The van der Waals surface area contributed by atoms with Gasteiger partial charge < -0.3 is 9.64 Å². The van der Waals surface area contributed by atoms with Crippen molar-refractivity contribution in [1.29, 1.82) is 0 Å². The molecule has 0 spiro atoms. The SMILES string of the molecule is CCOC(=O)N1CC[N+](=C(N)Nc2nc(C)cc(C)n2)CC1. The van der Waals surface area contributed by atoms with E-state index in [1.165, 1.54) is 0 Å². The summed E-state index contributed by atoms with van der Waals surface area (Å²) in [6.07, 6.45) is -0.272. The highest BCUT2D eigenvalue weighted by molar-refractivity contribution is 5.86. The molecule has 0 bridgehead atoms. The lowest BCUT2D eigenvalue weighted by Gasteiger charge is -2.27. The summed E-state index contributed by atoms with van der Waals surface area (Å²) in [5.41, 5.74) is 7.85. The number of anilines is 1. The first kappa shape index (κ1) is 16.0. The fraction of sp³-hybridized carbons (Fsp3) is 0.571. The van der Waals surface area contributed by atoms with Crippen molar-refractivity contribution in [1.82, 2.24) is 14.9 Å². The molecule has 2 heterocycles. The molecule has 8 nitrogen and oxygen atoms in total. The van der Waals surface area contributed by atoms with Crippen molar-refractivity contribution >= 4 is 18.0 Å². The van der Waals surface area contributed by atoms with E-state index < -0.39 is 0 Å². The summed E-state index contributed by atoms with van der Waals surface area (Å²) in [6.45, 7) is 8.45. The van der Waals surface area contributed by atoms with E-state index in [1.54, 1.807) is 11.8 Å². The van der Waals surface area contributed by atoms with E-state index in [4.69, 9.17) is 10.5 Å². The Balaban J connectivity index is 1.99. The Morgan fingerprint density at radius 3 is 2.50 bits per heavy atom. The largest absolute Gasteiger partial charge is 0.450 e. The van der Waals surface area contributed by atoms with Crippen molar-refractivity contribution in [2.75, 3.05) is 38.1 Å². The van der Waals surface area contributed by atoms with Crippen LogP contribution in [0, 0.1) is 13.8 Å². The number of piperazine rings is 1. The molecule has 2 rings (SSSR count). The molecular weight excluding hydrogens is 284 g/mol. The number of nitrogens with zero attached hydrogens (tertiary/aromatic N) is 4. The third-order valence-electron chi connectivity index (χ3n) is 3.37. The molecule has 120 valence electrons. The number of aryl methyl sites for hydroxylation is 2. The highest BCUT2D eigenvalue weighted by atomic mass is 16.6. The molecule has 1 aliphatic heterocycles. The number of amides is 1. The van der Waals surface area contributed by atoms with Crippen molar-refractivity contribution in [2.45, 2.75) is 20.8 Å². The van der Waals surface area contributed by atoms with Gasteiger partial charge in [0.15, 0.2) is 0 Å². The molecular formula is C14H23N6O2+. The van der Waals surface area contributed by atoms with E-state index in [1.807, 2.05) is 24.5 Å². The van der Waals surface area contributed by atoms with E-state index >= 15 is 0 Å². The number of carbonyl (C=O) groups excluding carboxylic acids is 1. The number of nitrogens with one attached hydrogen (secondary N) is 1. The Bertz CT molecular complexity index is 556. The first-order valence-corrected chi connectivity index (χ1v) is 7.38. The van der Waals surface area contributed by atoms with Gasteiger partial charge in [0.05, 0.1) is 32.8 Å². The average molecular weight is 307 g/mol. The lowest BCUT2D eigenvalue weighted by atomic mass is 10.3. The van der Waals surface area contributed by atoms with Gasteiger partial charge in [-0.15, -0.1) is 0 Å². The molecule has 0 aliphatic carbocycles. The number of rotatable bonds is 2. The zero-order valence-corrected chi connectivity index (χ0v) is 13.3. The minimum atomic E-state index is -0.272. The number of hydrogen-bond acceptors (Lipinski definition) is 4. The van der Waals surface area contributed by atoms with Gasteiger partial charge in [-0.1, -0.05) is 0 Å². The molecule has 0 atom stereocenters. The molecule has 3 N–H and O–H groups in total. The predicted molar refractivity (Wildman–Crippen MR) is 82.9 cm³/mol. The molecule has 8 heteroatoms. The Morgan fingerprint density at radius 2 is 1.95 bits per heavy atom. The van der Waals surface area contributed by atoms with E-state index in [-0.39, 0.29) is 6.09 Å². The van der Waals surface area contributed by atoms with E-state index in [9.17, 15) is 4.79 Å². The molecule has 1 saturated heterocycles. The van der Waals surface area contributed by atoms with Gasteiger partial charge in [-0.05, 0) is 26.8 Å². The smallest absolute Gasteiger partial charge is 0.409 e. The van der Waals surface area contributed by atoms with E-state index in [2.05, 4.69) is 15.3 Å². The van der Waals surface area contributed by atoms with Gasteiger partial charge >= 0.3 is 12.1 Å². The van der Waals surface area contributed by atoms with Crippen molar-refractivity contribution in [2.24, 2.45) is 5.73 Å². The average Bonchev–Trinajstić information content (AvgIpc) is 2.46. The highest BCUT2D eigenvalue weighted by Gasteiger charge is 2.23. The van der Waals surface area contributed by atoms with Crippen LogP contribution in [-0.4, -0.2) is 64.3 Å². The summed E-state index contributed by atoms with van der Waals surface area (Å²) in [5.74, 6) is 0.983. The van der Waals surface area contributed by atoms with Crippen LogP contribution in [0.1, 0.15) is 18.3 Å². The molecule has 1 aromatic heterocycles. The number of aromatic nitrogens is 2. The van der Waals surface area contributed by atoms with Gasteiger partial charge in [0.1, 0.15) is 0 Å². The summed E-state index contributed by atoms with van der Waals surface area (Å²) < 4.78 is 6.96. The predicted octanol–water partition coefficient (Wildman–Crippen LogP) is 0.305. The van der Waals surface area contributed by atoms with Crippen molar-refractivity contribution < 1.29 is 14.1 Å². The Kier molecular flexibility index (Phi) is 5.13. The molecule has 22 heavy (non-hydrogen) atoms. The van der Waals surface area contributed by atoms with E-state index in [0.717, 1.165) is 11.4 Å². The molecule has 1 amide bonds. The van der Waals surface area contributed by atoms with Gasteiger partial charge in [0, 0.05) is 11.4 Å². The van der Waals surface area contributed by atoms with Crippen LogP contribution >= 0.6 is 0 Å². The number of ether oxygens (including phenoxy) is 1. The summed E-state index contributed by atoms with van der Waals surface area (Å²) in [6, 6.07) is 1.90. The van der Waals surface area contributed by atoms with Crippen LogP contribution < -0.4 is 11.1 Å². The maximum absolute atomic E-state index is 11.7. The van der Waals surface area contributed by atoms with Crippen LogP contribution in [0.15, 0.2) is 6.07 Å². The van der Waals surface area contributed by atoms with Gasteiger partial charge in [-0.25, -0.2) is 20.1 Å². The maximum Gasteiger partial charge on any atom is 0.409 e. The Labute approximate surface area is 130 Å². The second-order valence-electron chi connectivity index (χ2n) is 5.16. The van der Waals surface area contributed by atoms with Crippen molar-refractivity contribution in [3.8, 4) is 0 Å². The lowest BCUT2D eigenvalue weighted by molar-refractivity contribution is -0.539. The first-order chi connectivity index (χ1) is 10.5. The first-order valence-electron chi connectivity index (χ1n) is 7.38. The summed E-state index contributed by atoms with van der Waals surface area (Å²) in [7, 11) is 0. The summed E-state index contributed by atoms with van der Waals surface area (Å²) in [4.78, 5) is 21.9. The quantitative estimate of drug-likeness (QED) is 0.603. The topological polar surface area (TPSA) is 96.4 Å². The van der Waals surface area contributed by atoms with Gasteiger partial charge in [0.25, 0.3) is 5.95 Å². The van der Waals surface area contributed by atoms with Crippen molar-refractivity contribution in [3.63, 3.8) is 0 Å². The highest BCUT2D eigenvalue weighted by Crippen LogP contribution is 2.04. The molecule has 0 aromatic carbocycles. The zero-order valence-electron chi connectivity index (χ0n) is 13.3. The van der Waals surface area contributed by atoms with Gasteiger partial charge in [-0.2, -0.15) is 0 Å². The Morgan fingerprint density at radius 1 is 1.36 bits per heavy atom. The van der Waals surface area contributed by atoms with Gasteiger partial charge in [0.2, 0.25) is 0 Å². The molecule has 1 aliphatic rings. The van der Waals surface area contributed by atoms with Crippen molar-refractivity contribution in [3.05, 3.63) is 17.5 Å². The third-order valence-corrected chi connectivity index (χ3v) is 3.37. The summed E-state index contributed by atoms with van der Waals surface area (Å²) in [5, 5.41) is 3.03. The standard InChI is InChI=1S/C14H22N6O2/c1-4-22-14(21)20-7-5-19(6-8-20)12(15)18-13-16-10(2)9-11(3)17-13/h9H,4-8H2,1-3H3,(H2,15,16,17,18)/p+1. The minimum Gasteiger partial charge on any atom is -0.450 e. The number of nitrogens with two attached hydrogens (primary N) is 1. The van der Waals surface area contributed by atoms with Crippen LogP contribution in [0.5, 0.6) is 0 Å². The van der Waals surface area contributed by atoms with Crippen LogP contribution in [0.4, 0.5) is 10.7 Å². The van der Waals surface area contributed by atoms with Crippen LogP contribution in [0.2, 0.25) is 0 Å².